The van der Waals surface area contributed by atoms with Crippen molar-refractivity contribution in [3.05, 3.63) is 18.2 Å². The minimum Gasteiger partial charge on any atom is -0.399 e. The molecule has 7 heteroatoms. The van der Waals surface area contributed by atoms with Crippen LogP contribution >= 0.6 is 0 Å². The zero-order valence-electron chi connectivity index (χ0n) is 8.68. The number of aliphatic hydroxyl groups is 1. The van der Waals surface area contributed by atoms with Gasteiger partial charge in [0.25, 0.3) is 0 Å². The molecule has 0 atom stereocenters. The van der Waals surface area contributed by atoms with Gasteiger partial charge in [0.2, 0.25) is 10.0 Å². The van der Waals surface area contributed by atoms with Crippen molar-refractivity contribution in [2.45, 2.75) is 11.3 Å². The first-order valence-corrected chi connectivity index (χ1v) is 6.27. The van der Waals surface area contributed by atoms with Gasteiger partial charge in [-0.2, -0.15) is 0 Å². The van der Waals surface area contributed by atoms with Crippen molar-refractivity contribution in [1.29, 1.82) is 0 Å². The Morgan fingerprint density at radius 3 is 2.62 bits per heavy atom. The second-order valence-corrected chi connectivity index (χ2v) is 4.83. The van der Waals surface area contributed by atoms with Crippen molar-refractivity contribution in [2.75, 3.05) is 24.2 Å². The first-order chi connectivity index (χ1) is 7.45. The highest BCUT2D eigenvalue weighted by Crippen LogP contribution is 2.22. The summed E-state index contributed by atoms with van der Waals surface area (Å²) in [7, 11) is -3.80. The monoisotopic (exact) mass is 245 g/mol. The van der Waals surface area contributed by atoms with Crippen molar-refractivity contribution in [3.8, 4) is 0 Å². The second-order valence-electron chi connectivity index (χ2n) is 3.30. The zero-order chi connectivity index (χ0) is 12.2. The van der Waals surface area contributed by atoms with Gasteiger partial charge in [0.15, 0.2) is 0 Å². The predicted octanol–water partition coefficient (Wildman–Crippen LogP) is -0.289. The van der Waals surface area contributed by atoms with Gasteiger partial charge in [-0.3, -0.25) is 0 Å². The normalized spacial score (nSPS) is 11.4. The van der Waals surface area contributed by atoms with Gasteiger partial charge in [0, 0.05) is 18.8 Å². The number of anilines is 2. The van der Waals surface area contributed by atoms with E-state index >= 15 is 0 Å². The highest BCUT2D eigenvalue weighted by Gasteiger charge is 2.13. The van der Waals surface area contributed by atoms with Crippen LogP contribution in [0.4, 0.5) is 11.4 Å². The molecule has 0 aliphatic heterocycles. The molecule has 16 heavy (non-hydrogen) atoms. The molecular formula is C9H15N3O3S. The van der Waals surface area contributed by atoms with Crippen LogP contribution in [0, 0.1) is 0 Å². The Morgan fingerprint density at radius 1 is 1.38 bits per heavy atom. The maximum absolute atomic E-state index is 11.3. The van der Waals surface area contributed by atoms with Crippen LogP contribution < -0.4 is 16.2 Å². The Bertz CT molecular complexity index is 459. The summed E-state index contributed by atoms with van der Waals surface area (Å²) in [5, 5.41) is 16.5. The molecule has 0 saturated carbocycles. The fourth-order valence-corrected chi connectivity index (χ4v) is 1.97. The summed E-state index contributed by atoms with van der Waals surface area (Å²) in [5.74, 6) is 0. The van der Waals surface area contributed by atoms with Gasteiger partial charge in [-0.05, 0) is 24.6 Å². The Kier molecular flexibility index (Phi) is 4.11. The number of primary sulfonamides is 1. The van der Waals surface area contributed by atoms with Gasteiger partial charge >= 0.3 is 0 Å². The highest BCUT2D eigenvalue weighted by molar-refractivity contribution is 7.89. The smallest absolute Gasteiger partial charge is 0.240 e. The van der Waals surface area contributed by atoms with Crippen LogP contribution in [0.2, 0.25) is 0 Å². The van der Waals surface area contributed by atoms with E-state index in [4.69, 9.17) is 16.0 Å². The summed E-state index contributed by atoms with van der Waals surface area (Å²) in [5.41, 5.74) is 6.22. The summed E-state index contributed by atoms with van der Waals surface area (Å²) in [6.07, 6.45) is 0.522. The average Bonchev–Trinajstić information content (AvgIpc) is 2.19. The Hall–Kier alpha value is -1.31. The van der Waals surface area contributed by atoms with Gasteiger partial charge in [0.1, 0.15) is 4.90 Å². The standard InChI is InChI=1S/C9H15N3O3S/c10-7-2-3-8(12-4-1-5-13)9(6-7)16(11,14)15/h2-3,6,12-13H,1,4-5,10H2,(H2,11,14,15). The lowest BCUT2D eigenvalue weighted by Crippen LogP contribution is -2.16. The van der Waals surface area contributed by atoms with Crippen LogP contribution in [0.3, 0.4) is 0 Å². The minimum atomic E-state index is -3.80. The number of benzene rings is 1. The quantitative estimate of drug-likeness (QED) is 0.420. The molecule has 1 aromatic carbocycles. The van der Waals surface area contributed by atoms with Gasteiger partial charge in [0.05, 0.1) is 5.69 Å². The number of hydrogen-bond donors (Lipinski definition) is 4. The van der Waals surface area contributed by atoms with Gasteiger partial charge in [-0.1, -0.05) is 0 Å². The lowest BCUT2D eigenvalue weighted by molar-refractivity contribution is 0.292. The van der Waals surface area contributed by atoms with Crippen LogP contribution in [-0.2, 0) is 10.0 Å². The largest absolute Gasteiger partial charge is 0.399 e. The number of nitrogens with two attached hydrogens (primary N) is 2. The molecule has 0 aliphatic rings. The van der Waals surface area contributed by atoms with E-state index in [0.717, 1.165) is 0 Å². The molecule has 0 unspecified atom stereocenters. The summed E-state index contributed by atoms with van der Waals surface area (Å²) < 4.78 is 22.5. The average molecular weight is 245 g/mol. The molecule has 6 nitrogen and oxygen atoms in total. The number of aliphatic hydroxyl groups excluding tert-OH is 1. The minimum absolute atomic E-state index is 0.0344. The molecule has 1 rings (SSSR count). The van der Waals surface area contributed by atoms with Crippen molar-refractivity contribution in [3.63, 3.8) is 0 Å². The molecule has 90 valence electrons. The molecule has 0 aliphatic carbocycles. The van der Waals surface area contributed by atoms with E-state index < -0.39 is 10.0 Å². The van der Waals surface area contributed by atoms with Crippen molar-refractivity contribution in [2.24, 2.45) is 5.14 Å². The number of rotatable bonds is 5. The number of nitrogen functional groups attached to an aromatic ring is 1. The van der Waals surface area contributed by atoms with Gasteiger partial charge < -0.3 is 16.2 Å². The summed E-state index contributed by atoms with van der Waals surface area (Å²) in [4.78, 5) is -0.0366. The maximum Gasteiger partial charge on any atom is 0.240 e. The first kappa shape index (κ1) is 12.8. The topological polar surface area (TPSA) is 118 Å². The van der Waals surface area contributed by atoms with Crippen LogP contribution in [-0.4, -0.2) is 26.7 Å². The van der Waals surface area contributed by atoms with E-state index in [9.17, 15) is 8.42 Å². The molecule has 0 bridgehead atoms. The molecule has 0 aromatic heterocycles. The van der Waals surface area contributed by atoms with Gasteiger partial charge in [-0.15, -0.1) is 0 Å². The highest BCUT2D eigenvalue weighted by atomic mass is 32.2. The second kappa shape index (κ2) is 5.15. The van der Waals surface area contributed by atoms with Crippen LogP contribution in [0.25, 0.3) is 0 Å². The fraction of sp³-hybridized carbons (Fsp3) is 0.333. The van der Waals surface area contributed by atoms with E-state index in [1.807, 2.05) is 0 Å². The van der Waals surface area contributed by atoms with E-state index in [-0.39, 0.29) is 11.5 Å². The predicted molar refractivity (Wildman–Crippen MR) is 62.4 cm³/mol. The van der Waals surface area contributed by atoms with E-state index in [0.29, 0.717) is 24.3 Å². The van der Waals surface area contributed by atoms with E-state index in [2.05, 4.69) is 5.32 Å². The molecule has 6 N–H and O–H groups in total. The SMILES string of the molecule is Nc1ccc(NCCCO)c(S(N)(=O)=O)c1. The molecular weight excluding hydrogens is 230 g/mol. The summed E-state index contributed by atoms with van der Waals surface area (Å²) >= 11 is 0. The first-order valence-electron chi connectivity index (χ1n) is 4.72. The maximum atomic E-state index is 11.3. The van der Waals surface area contributed by atoms with E-state index in [1.165, 1.54) is 6.07 Å². The molecule has 1 aromatic rings. The number of nitrogens with one attached hydrogen (secondary N) is 1. The van der Waals surface area contributed by atoms with Crippen LogP contribution in [0.15, 0.2) is 23.1 Å². The molecule has 0 spiro atoms. The molecule has 0 radical (unpaired) electrons. The van der Waals surface area contributed by atoms with Crippen molar-refractivity contribution in [1.82, 2.24) is 0 Å². The third-order valence-electron chi connectivity index (χ3n) is 1.96. The van der Waals surface area contributed by atoms with Crippen LogP contribution in [0.1, 0.15) is 6.42 Å². The Labute approximate surface area is 94.3 Å². The van der Waals surface area contributed by atoms with Crippen molar-refractivity contribution >= 4 is 21.4 Å². The zero-order valence-corrected chi connectivity index (χ0v) is 9.50. The summed E-state index contributed by atoms with van der Waals surface area (Å²) in [6, 6.07) is 4.43. The third kappa shape index (κ3) is 3.37. The third-order valence-corrected chi connectivity index (χ3v) is 2.91. The number of hydrogen-bond acceptors (Lipinski definition) is 5. The van der Waals surface area contributed by atoms with Gasteiger partial charge in [-0.25, -0.2) is 13.6 Å². The molecule has 0 fully saturated rings. The molecule has 0 heterocycles. The number of sulfonamides is 1. The van der Waals surface area contributed by atoms with E-state index in [1.54, 1.807) is 12.1 Å². The molecule has 0 amide bonds. The fourth-order valence-electron chi connectivity index (χ4n) is 1.22. The summed E-state index contributed by atoms with van der Waals surface area (Å²) in [6.45, 7) is 0.496. The lowest BCUT2D eigenvalue weighted by Gasteiger charge is -2.10. The molecule has 0 saturated heterocycles. The Morgan fingerprint density at radius 2 is 2.06 bits per heavy atom. The Balaban J connectivity index is 2.99. The van der Waals surface area contributed by atoms with Crippen molar-refractivity contribution < 1.29 is 13.5 Å². The van der Waals surface area contributed by atoms with Crippen LogP contribution in [0.5, 0.6) is 0 Å². The lowest BCUT2D eigenvalue weighted by atomic mass is 10.3.